The van der Waals surface area contributed by atoms with Crippen LogP contribution in [0.4, 0.5) is 0 Å². The second-order valence-electron chi connectivity index (χ2n) is 5.94. The van der Waals surface area contributed by atoms with Gasteiger partial charge in [0.05, 0.1) is 17.7 Å². The van der Waals surface area contributed by atoms with Crippen molar-refractivity contribution in [3.8, 4) is 10.8 Å². The van der Waals surface area contributed by atoms with Gasteiger partial charge in [-0.2, -0.15) is 0 Å². The minimum atomic E-state index is -0.714. The maximum absolute atomic E-state index is 12.0. The summed E-state index contributed by atoms with van der Waals surface area (Å²) in [5.41, 5.74) is 0.0131. The number of hydrogen-bond acceptors (Lipinski definition) is 5. The van der Waals surface area contributed by atoms with Gasteiger partial charge < -0.3 is 14.8 Å². The number of rotatable bonds is 5. The molecule has 1 aliphatic rings. The summed E-state index contributed by atoms with van der Waals surface area (Å²) < 4.78 is 5.53. The number of nitrogens with one attached hydrogen (secondary N) is 1. The highest BCUT2D eigenvalue weighted by Gasteiger charge is 2.31. The van der Waals surface area contributed by atoms with E-state index in [0.717, 1.165) is 47.9 Å². The molecule has 0 spiro atoms. The average molecular weight is 320 g/mol. The number of amides is 1. The third kappa shape index (κ3) is 3.56. The van der Waals surface area contributed by atoms with Gasteiger partial charge in [-0.25, -0.2) is 4.98 Å². The Morgan fingerprint density at radius 2 is 2.23 bits per heavy atom. The van der Waals surface area contributed by atoms with Gasteiger partial charge in [-0.05, 0) is 31.9 Å². The molecule has 1 fully saturated rings. The molecular formula is C16H20N2O3S. The van der Waals surface area contributed by atoms with Crippen molar-refractivity contribution in [3.05, 3.63) is 29.0 Å². The van der Waals surface area contributed by atoms with E-state index < -0.39 is 5.60 Å². The van der Waals surface area contributed by atoms with E-state index in [1.54, 1.807) is 0 Å². The zero-order chi connectivity index (χ0) is 15.6. The number of furan rings is 1. The van der Waals surface area contributed by atoms with Crippen molar-refractivity contribution in [1.29, 1.82) is 0 Å². The van der Waals surface area contributed by atoms with Crippen LogP contribution in [0, 0.1) is 6.92 Å². The maximum Gasteiger partial charge on any atom is 0.226 e. The van der Waals surface area contributed by atoms with Crippen LogP contribution in [0.15, 0.2) is 21.9 Å². The van der Waals surface area contributed by atoms with E-state index in [2.05, 4.69) is 10.3 Å². The molecule has 0 saturated heterocycles. The van der Waals surface area contributed by atoms with E-state index in [-0.39, 0.29) is 12.3 Å². The van der Waals surface area contributed by atoms with Crippen molar-refractivity contribution in [3.63, 3.8) is 0 Å². The molecule has 0 unspecified atom stereocenters. The number of hydrogen-bond donors (Lipinski definition) is 2. The van der Waals surface area contributed by atoms with Crippen LogP contribution in [0.25, 0.3) is 10.8 Å². The summed E-state index contributed by atoms with van der Waals surface area (Å²) in [7, 11) is 0. The van der Waals surface area contributed by atoms with Crippen molar-refractivity contribution in [2.75, 3.05) is 6.54 Å². The first kappa shape index (κ1) is 15.2. The highest BCUT2D eigenvalue weighted by molar-refractivity contribution is 7.13. The number of aromatic nitrogens is 1. The van der Waals surface area contributed by atoms with E-state index in [0.29, 0.717) is 6.54 Å². The number of carbonyl (C=O) groups is 1. The monoisotopic (exact) mass is 320 g/mol. The van der Waals surface area contributed by atoms with Crippen molar-refractivity contribution in [2.45, 2.75) is 44.6 Å². The highest BCUT2D eigenvalue weighted by Crippen LogP contribution is 2.29. The Morgan fingerprint density at radius 1 is 1.45 bits per heavy atom. The Balaban J connectivity index is 1.54. The molecule has 0 aromatic carbocycles. The number of thiazole rings is 1. The number of aliphatic hydroxyl groups is 1. The molecule has 2 aromatic rings. The summed E-state index contributed by atoms with van der Waals surface area (Å²) >= 11 is 1.47. The Hall–Kier alpha value is -1.66. The Bertz CT molecular complexity index is 656. The van der Waals surface area contributed by atoms with Gasteiger partial charge in [0.2, 0.25) is 5.91 Å². The van der Waals surface area contributed by atoms with Crippen LogP contribution in [0.2, 0.25) is 0 Å². The summed E-state index contributed by atoms with van der Waals surface area (Å²) in [4.78, 5) is 16.4. The molecule has 0 atom stereocenters. The highest BCUT2D eigenvalue weighted by atomic mass is 32.1. The van der Waals surface area contributed by atoms with Gasteiger partial charge in [0.15, 0.2) is 10.8 Å². The van der Waals surface area contributed by atoms with Crippen LogP contribution in [0.1, 0.15) is 37.1 Å². The van der Waals surface area contributed by atoms with Crippen LogP contribution in [0.3, 0.4) is 0 Å². The molecule has 1 aliphatic carbocycles. The summed E-state index contributed by atoms with van der Waals surface area (Å²) in [6.07, 6.45) is 3.83. The lowest BCUT2D eigenvalue weighted by molar-refractivity contribution is -0.121. The molecule has 6 heteroatoms. The SMILES string of the molecule is Cc1ccc(-c2nc(CC(=O)NCC3(O)CCCC3)cs2)o1. The standard InChI is InChI=1S/C16H20N2O3S/c1-11-4-5-13(21-11)15-18-12(9-22-15)8-14(19)17-10-16(20)6-2-3-7-16/h4-5,9,20H,2-3,6-8,10H2,1H3,(H,17,19). The lowest BCUT2D eigenvalue weighted by Crippen LogP contribution is -2.41. The molecule has 1 saturated carbocycles. The van der Waals surface area contributed by atoms with Gasteiger partial charge in [-0.15, -0.1) is 11.3 Å². The van der Waals surface area contributed by atoms with Crippen LogP contribution in [0.5, 0.6) is 0 Å². The second-order valence-corrected chi connectivity index (χ2v) is 6.80. The molecule has 118 valence electrons. The number of nitrogens with zero attached hydrogens (tertiary/aromatic N) is 1. The lowest BCUT2D eigenvalue weighted by Gasteiger charge is -2.22. The Labute approximate surface area is 133 Å². The first-order chi connectivity index (χ1) is 10.5. The number of aryl methyl sites for hydroxylation is 1. The van der Waals surface area contributed by atoms with Gasteiger partial charge in [-0.3, -0.25) is 4.79 Å². The quantitative estimate of drug-likeness (QED) is 0.888. The normalized spacial score (nSPS) is 16.8. The Morgan fingerprint density at radius 3 is 2.91 bits per heavy atom. The third-order valence-corrected chi connectivity index (χ3v) is 4.90. The van der Waals surface area contributed by atoms with Gasteiger partial charge >= 0.3 is 0 Å². The van der Waals surface area contributed by atoms with Crippen LogP contribution >= 0.6 is 11.3 Å². The molecule has 1 amide bonds. The zero-order valence-electron chi connectivity index (χ0n) is 12.6. The lowest BCUT2D eigenvalue weighted by atomic mass is 10.0. The predicted molar refractivity (Wildman–Crippen MR) is 84.7 cm³/mol. The zero-order valence-corrected chi connectivity index (χ0v) is 13.4. The fourth-order valence-corrected chi connectivity index (χ4v) is 3.53. The first-order valence-electron chi connectivity index (χ1n) is 7.54. The van der Waals surface area contributed by atoms with Crippen molar-refractivity contribution in [2.24, 2.45) is 0 Å². The summed E-state index contributed by atoms with van der Waals surface area (Å²) in [5.74, 6) is 1.47. The van der Waals surface area contributed by atoms with E-state index >= 15 is 0 Å². The van der Waals surface area contributed by atoms with E-state index in [1.807, 2.05) is 24.4 Å². The molecule has 2 aromatic heterocycles. The molecule has 0 radical (unpaired) electrons. The topological polar surface area (TPSA) is 75.4 Å². The fourth-order valence-electron chi connectivity index (χ4n) is 2.75. The maximum atomic E-state index is 12.0. The molecule has 22 heavy (non-hydrogen) atoms. The van der Waals surface area contributed by atoms with E-state index in [9.17, 15) is 9.90 Å². The molecule has 0 aliphatic heterocycles. The molecule has 5 nitrogen and oxygen atoms in total. The molecular weight excluding hydrogens is 300 g/mol. The largest absolute Gasteiger partial charge is 0.459 e. The van der Waals surface area contributed by atoms with Crippen molar-refractivity contribution in [1.82, 2.24) is 10.3 Å². The van der Waals surface area contributed by atoms with E-state index in [1.165, 1.54) is 11.3 Å². The van der Waals surface area contributed by atoms with Crippen molar-refractivity contribution >= 4 is 17.2 Å². The summed E-state index contributed by atoms with van der Waals surface area (Å²) in [6.45, 7) is 2.22. The molecule has 0 bridgehead atoms. The minimum Gasteiger partial charge on any atom is -0.459 e. The van der Waals surface area contributed by atoms with Gasteiger partial charge in [-0.1, -0.05) is 12.8 Å². The third-order valence-electron chi connectivity index (χ3n) is 3.99. The smallest absolute Gasteiger partial charge is 0.226 e. The second kappa shape index (κ2) is 6.22. The fraction of sp³-hybridized carbons (Fsp3) is 0.500. The van der Waals surface area contributed by atoms with Gasteiger partial charge in [0.1, 0.15) is 5.76 Å². The van der Waals surface area contributed by atoms with Crippen LogP contribution in [-0.2, 0) is 11.2 Å². The van der Waals surface area contributed by atoms with Gasteiger partial charge in [0, 0.05) is 11.9 Å². The number of carbonyl (C=O) groups excluding carboxylic acids is 1. The van der Waals surface area contributed by atoms with Crippen LogP contribution < -0.4 is 5.32 Å². The van der Waals surface area contributed by atoms with Crippen LogP contribution in [-0.4, -0.2) is 28.1 Å². The molecule has 3 rings (SSSR count). The summed E-state index contributed by atoms with van der Waals surface area (Å²) in [6, 6.07) is 3.78. The van der Waals surface area contributed by atoms with Gasteiger partial charge in [0.25, 0.3) is 0 Å². The first-order valence-corrected chi connectivity index (χ1v) is 8.42. The van der Waals surface area contributed by atoms with Crippen molar-refractivity contribution < 1.29 is 14.3 Å². The molecule has 2 heterocycles. The van der Waals surface area contributed by atoms with E-state index in [4.69, 9.17) is 4.42 Å². The molecule has 2 N–H and O–H groups in total. The summed E-state index contributed by atoms with van der Waals surface area (Å²) in [5, 5.41) is 15.7. The predicted octanol–water partition coefficient (Wildman–Crippen LogP) is 2.68. The average Bonchev–Trinajstić information content (AvgIpc) is 3.19. The Kier molecular flexibility index (Phi) is 4.31. The minimum absolute atomic E-state index is 0.104.